The third-order valence-corrected chi connectivity index (χ3v) is 3.31. The summed E-state index contributed by atoms with van der Waals surface area (Å²) in [6.45, 7) is 0. The summed E-state index contributed by atoms with van der Waals surface area (Å²) in [6.07, 6.45) is 0. The maximum Gasteiger partial charge on any atom is 0.354 e. The van der Waals surface area contributed by atoms with Crippen molar-refractivity contribution in [2.45, 2.75) is 0 Å². The predicted molar refractivity (Wildman–Crippen MR) is 85.6 cm³/mol. The van der Waals surface area contributed by atoms with Crippen LogP contribution in [0.3, 0.4) is 0 Å². The number of hydrogen-bond acceptors (Lipinski definition) is 6. The second-order valence-corrected chi connectivity index (χ2v) is 4.75. The normalized spacial score (nSPS) is 10.4. The summed E-state index contributed by atoms with van der Waals surface area (Å²) in [5.74, 6) is -2.38. The number of isothiocyanates is 1. The molecule has 0 saturated carbocycles. The Morgan fingerprint density at radius 2 is 1.61 bits per heavy atom. The van der Waals surface area contributed by atoms with Crippen LogP contribution in [0.15, 0.2) is 35.3 Å². The second kappa shape index (κ2) is 5.53. The largest absolute Gasteiger partial charge is 0.477 e. The monoisotopic (exact) mass is 325 g/mol. The maximum absolute atomic E-state index is 11.1. The molecule has 8 heteroatoms. The molecule has 0 saturated heterocycles. The van der Waals surface area contributed by atoms with Gasteiger partial charge in [-0.05, 0) is 36.5 Å². The Kier molecular flexibility index (Phi) is 3.53. The van der Waals surface area contributed by atoms with Crippen molar-refractivity contribution >= 4 is 56.8 Å². The highest BCUT2D eigenvalue weighted by atomic mass is 32.1. The van der Waals surface area contributed by atoms with E-state index < -0.39 is 11.9 Å². The van der Waals surface area contributed by atoms with Crippen LogP contribution < -0.4 is 0 Å². The highest BCUT2D eigenvalue weighted by molar-refractivity contribution is 7.78. The van der Waals surface area contributed by atoms with Crippen molar-refractivity contribution in [2.75, 3.05) is 0 Å². The van der Waals surface area contributed by atoms with Crippen LogP contribution >= 0.6 is 12.2 Å². The fraction of sp³-hybridized carbons (Fsp3) is 0. The fourth-order valence-corrected chi connectivity index (χ4v) is 2.33. The molecule has 2 aromatic heterocycles. The van der Waals surface area contributed by atoms with Crippen molar-refractivity contribution in [3.63, 3.8) is 0 Å². The number of aromatic carboxylic acids is 2. The molecule has 0 fully saturated rings. The highest BCUT2D eigenvalue weighted by Crippen LogP contribution is 2.32. The van der Waals surface area contributed by atoms with Crippen LogP contribution in [0.25, 0.3) is 21.8 Å². The van der Waals surface area contributed by atoms with Gasteiger partial charge in [-0.25, -0.2) is 19.6 Å². The fourth-order valence-electron chi connectivity index (χ4n) is 2.23. The quantitative estimate of drug-likeness (QED) is 0.432. The number of aromatic nitrogens is 2. The molecule has 112 valence electrons. The third kappa shape index (κ3) is 2.52. The lowest BCUT2D eigenvalue weighted by atomic mass is 10.1. The van der Waals surface area contributed by atoms with Gasteiger partial charge in [0.15, 0.2) is 0 Å². The van der Waals surface area contributed by atoms with Gasteiger partial charge >= 0.3 is 11.9 Å². The zero-order valence-corrected chi connectivity index (χ0v) is 12.2. The number of hydrogen-bond donors (Lipinski definition) is 2. The summed E-state index contributed by atoms with van der Waals surface area (Å²) >= 11 is 4.62. The van der Waals surface area contributed by atoms with Crippen LogP contribution in [-0.2, 0) is 0 Å². The number of carboxylic acid groups (broad SMARTS) is 2. The van der Waals surface area contributed by atoms with Crippen molar-refractivity contribution < 1.29 is 19.8 Å². The first-order valence-corrected chi connectivity index (χ1v) is 6.71. The highest BCUT2D eigenvalue weighted by Gasteiger charge is 2.14. The number of nitrogens with zero attached hydrogens (tertiary/aromatic N) is 3. The molecular weight excluding hydrogens is 318 g/mol. The molecule has 0 spiro atoms. The molecule has 0 aliphatic rings. The smallest absolute Gasteiger partial charge is 0.354 e. The average molecular weight is 325 g/mol. The summed E-state index contributed by atoms with van der Waals surface area (Å²) < 4.78 is 0. The first kappa shape index (κ1) is 14.7. The molecule has 0 radical (unpaired) electrons. The van der Waals surface area contributed by atoms with Crippen molar-refractivity contribution in [3.05, 3.63) is 41.7 Å². The van der Waals surface area contributed by atoms with E-state index in [9.17, 15) is 9.59 Å². The Morgan fingerprint density at radius 1 is 1.00 bits per heavy atom. The minimum atomic E-state index is -1.20. The molecule has 0 bridgehead atoms. The molecule has 0 atom stereocenters. The van der Waals surface area contributed by atoms with E-state index in [4.69, 9.17) is 10.2 Å². The number of carbonyl (C=O) groups is 2. The van der Waals surface area contributed by atoms with Gasteiger partial charge in [-0.1, -0.05) is 6.07 Å². The van der Waals surface area contributed by atoms with Gasteiger partial charge in [-0.3, -0.25) is 0 Å². The van der Waals surface area contributed by atoms with E-state index in [-0.39, 0.29) is 22.4 Å². The lowest BCUT2D eigenvalue weighted by molar-refractivity contribution is 0.0680. The summed E-state index contributed by atoms with van der Waals surface area (Å²) in [6, 6.07) is 7.44. The van der Waals surface area contributed by atoms with Crippen LogP contribution in [-0.4, -0.2) is 37.3 Å². The van der Waals surface area contributed by atoms with Crippen LogP contribution in [0.1, 0.15) is 21.0 Å². The van der Waals surface area contributed by atoms with Crippen LogP contribution in [0, 0.1) is 0 Å². The van der Waals surface area contributed by atoms with Crippen molar-refractivity contribution in [2.24, 2.45) is 4.99 Å². The number of pyridine rings is 2. The van der Waals surface area contributed by atoms with Gasteiger partial charge in [-0.15, -0.1) is 0 Å². The summed E-state index contributed by atoms with van der Waals surface area (Å²) in [4.78, 5) is 34.3. The zero-order valence-electron chi connectivity index (χ0n) is 11.3. The van der Waals surface area contributed by atoms with Gasteiger partial charge in [0, 0.05) is 10.8 Å². The number of benzene rings is 1. The molecule has 2 N–H and O–H groups in total. The molecule has 3 rings (SSSR count). The van der Waals surface area contributed by atoms with Gasteiger partial charge in [0.05, 0.1) is 21.9 Å². The van der Waals surface area contributed by atoms with E-state index in [1.807, 2.05) is 0 Å². The molecule has 23 heavy (non-hydrogen) atoms. The van der Waals surface area contributed by atoms with E-state index in [0.717, 1.165) is 0 Å². The van der Waals surface area contributed by atoms with Crippen LogP contribution in [0.2, 0.25) is 0 Å². The topological polar surface area (TPSA) is 113 Å². The van der Waals surface area contributed by atoms with Crippen molar-refractivity contribution in [1.82, 2.24) is 9.97 Å². The Morgan fingerprint density at radius 3 is 2.22 bits per heavy atom. The lowest BCUT2D eigenvalue weighted by Crippen LogP contribution is -2.02. The van der Waals surface area contributed by atoms with E-state index in [2.05, 4.69) is 32.3 Å². The summed E-state index contributed by atoms with van der Waals surface area (Å²) in [5.41, 5.74) is 0.648. The number of aliphatic imine (C=N–C) groups is 1. The molecule has 0 aliphatic carbocycles. The molecule has 0 aliphatic heterocycles. The van der Waals surface area contributed by atoms with Gasteiger partial charge < -0.3 is 10.2 Å². The maximum atomic E-state index is 11.1. The number of thiocarbonyl (C=S) groups is 1. The van der Waals surface area contributed by atoms with E-state index in [1.165, 1.54) is 18.2 Å². The Labute approximate surface area is 133 Å². The van der Waals surface area contributed by atoms with E-state index in [1.54, 1.807) is 12.1 Å². The number of carboxylic acids is 2. The predicted octanol–water partition coefficient (Wildman–Crippen LogP) is 2.91. The molecular formula is C15H7N3O4S. The second-order valence-electron chi connectivity index (χ2n) is 4.57. The number of fused-ring (bicyclic) bond motifs is 3. The van der Waals surface area contributed by atoms with Crippen molar-refractivity contribution in [1.29, 1.82) is 0 Å². The third-order valence-electron chi connectivity index (χ3n) is 3.22. The first-order chi connectivity index (χ1) is 11.0. The zero-order chi connectivity index (χ0) is 16.6. The molecule has 0 unspecified atom stereocenters. The average Bonchev–Trinajstić information content (AvgIpc) is 2.54. The molecule has 3 aromatic rings. The SMILES string of the molecule is O=C(O)c1ccc2cc(N=C=S)c3ccc(C(=O)O)nc3c2n1. The van der Waals surface area contributed by atoms with Crippen LogP contribution in [0.4, 0.5) is 5.69 Å². The van der Waals surface area contributed by atoms with E-state index >= 15 is 0 Å². The standard InChI is InChI=1S/C15H7N3O4S/c19-14(20)9-3-1-7-5-11(16-6-23)8-2-4-10(15(21)22)18-13(8)12(7)17-9/h1-5H,(H,19,20)(H,21,22). The Balaban J connectivity index is 2.50. The first-order valence-electron chi connectivity index (χ1n) is 6.30. The summed E-state index contributed by atoms with van der Waals surface area (Å²) in [5, 5.41) is 21.5. The molecule has 0 amide bonds. The Hall–Kier alpha value is -3.22. The minimum absolute atomic E-state index is 0.160. The van der Waals surface area contributed by atoms with Crippen LogP contribution in [0.5, 0.6) is 0 Å². The van der Waals surface area contributed by atoms with Gasteiger partial charge in [0.25, 0.3) is 0 Å². The minimum Gasteiger partial charge on any atom is -0.477 e. The van der Waals surface area contributed by atoms with Gasteiger partial charge in [-0.2, -0.15) is 4.99 Å². The van der Waals surface area contributed by atoms with Crippen molar-refractivity contribution in [3.8, 4) is 0 Å². The molecule has 7 nitrogen and oxygen atoms in total. The molecule has 2 heterocycles. The van der Waals surface area contributed by atoms with E-state index in [0.29, 0.717) is 16.5 Å². The summed E-state index contributed by atoms with van der Waals surface area (Å²) in [7, 11) is 0. The lowest BCUT2D eigenvalue weighted by Gasteiger charge is -2.07. The van der Waals surface area contributed by atoms with Gasteiger partial charge in [0.2, 0.25) is 0 Å². The molecule has 1 aromatic carbocycles. The van der Waals surface area contributed by atoms with Gasteiger partial charge in [0.1, 0.15) is 11.4 Å². The number of rotatable bonds is 3. The Bertz CT molecular complexity index is 1040.